The van der Waals surface area contributed by atoms with Gasteiger partial charge in [-0.05, 0) is 38.7 Å². The lowest BCUT2D eigenvalue weighted by Gasteiger charge is -2.22. The van der Waals surface area contributed by atoms with E-state index in [1.165, 1.54) is 5.56 Å². The normalized spacial score (nSPS) is 18.8. The van der Waals surface area contributed by atoms with E-state index in [9.17, 15) is 14.4 Å². The molecule has 1 aliphatic carbocycles. The first kappa shape index (κ1) is 24.2. The lowest BCUT2D eigenvalue weighted by Crippen LogP contribution is -2.41. The molecule has 0 radical (unpaired) electrons. The van der Waals surface area contributed by atoms with Gasteiger partial charge in [-0.3, -0.25) is 19.3 Å². The third-order valence-corrected chi connectivity index (χ3v) is 7.17. The number of carbonyl (C=O) groups excluding carboxylic acids is 2. The number of nitrogens with zero attached hydrogens (tertiary/aromatic N) is 3. The zero-order valence-corrected chi connectivity index (χ0v) is 20.3. The summed E-state index contributed by atoms with van der Waals surface area (Å²) in [7, 11) is 0. The molecule has 2 aromatic rings. The second kappa shape index (κ2) is 11.0. The molecule has 7 nitrogen and oxygen atoms in total. The van der Waals surface area contributed by atoms with Gasteiger partial charge in [0.2, 0.25) is 5.43 Å². The number of benzene rings is 1. The minimum absolute atomic E-state index is 0.0160. The molecular formula is C27H36N4O3. The Morgan fingerprint density at radius 2 is 1.68 bits per heavy atom. The molecule has 2 aliphatic rings. The molecular weight excluding hydrogens is 428 g/mol. The molecule has 1 saturated carbocycles. The van der Waals surface area contributed by atoms with Gasteiger partial charge < -0.3 is 14.8 Å². The molecule has 1 aromatic carbocycles. The maximum atomic E-state index is 13.3. The average molecular weight is 465 g/mol. The molecule has 2 fully saturated rings. The molecule has 1 N–H and O–H groups in total. The molecule has 1 saturated heterocycles. The predicted molar refractivity (Wildman–Crippen MR) is 133 cm³/mol. The second-order valence-corrected chi connectivity index (χ2v) is 9.46. The minimum atomic E-state index is -0.470. The van der Waals surface area contributed by atoms with Crippen LogP contribution in [0.25, 0.3) is 0 Å². The number of hydrogen-bond donors (Lipinski definition) is 1. The zero-order valence-electron chi connectivity index (χ0n) is 20.3. The van der Waals surface area contributed by atoms with Crippen LogP contribution in [0.2, 0.25) is 0 Å². The molecule has 2 amide bonds. The average Bonchev–Trinajstić information content (AvgIpc) is 3.53. The smallest absolute Gasteiger partial charge is 0.259 e. The Labute approximate surface area is 201 Å². The third kappa shape index (κ3) is 5.41. The highest BCUT2D eigenvalue weighted by molar-refractivity contribution is 5.99. The van der Waals surface area contributed by atoms with Gasteiger partial charge in [0.1, 0.15) is 11.1 Å². The number of nitrogens with one attached hydrogen (secondary N) is 1. The molecule has 34 heavy (non-hydrogen) atoms. The fourth-order valence-electron chi connectivity index (χ4n) is 5.21. The van der Waals surface area contributed by atoms with Crippen LogP contribution < -0.4 is 10.7 Å². The van der Waals surface area contributed by atoms with Crippen LogP contribution in [0.15, 0.2) is 47.5 Å². The highest BCUT2D eigenvalue weighted by Gasteiger charge is 2.28. The van der Waals surface area contributed by atoms with Crippen molar-refractivity contribution < 1.29 is 9.59 Å². The molecule has 1 aromatic heterocycles. The Balaban J connectivity index is 1.53. The lowest BCUT2D eigenvalue weighted by molar-refractivity contribution is 0.0770. The third-order valence-electron chi connectivity index (χ3n) is 7.17. The first-order chi connectivity index (χ1) is 16.5. The number of hydrogen-bond acceptors (Lipinski definition) is 4. The van der Waals surface area contributed by atoms with Crippen LogP contribution in [0, 0.1) is 0 Å². The van der Waals surface area contributed by atoms with E-state index < -0.39 is 5.43 Å². The van der Waals surface area contributed by atoms with Gasteiger partial charge in [-0.2, -0.15) is 0 Å². The van der Waals surface area contributed by atoms with E-state index in [-0.39, 0.29) is 35.0 Å². The van der Waals surface area contributed by atoms with E-state index in [1.807, 2.05) is 36.6 Å². The van der Waals surface area contributed by atoms with Crippen LogP contribution in [0.3, 0.4) is 0 Å². The summed E-state index contributed by atoms with van der Waals surface area (Å²) in [4.78, 5) is 43.6. The number of likely N-dealkylation sites (tertiary alicyclic amines) is 1. The Kier molecular flexibility index (Phi) is 7.83. The van der Waals surface area contributed by atoms with Gasteiger partial charge in [-0.25, -0.2) is 0 Å². The van der Waals surface area contributed by atoms with E-state index in [1.54, 1.807) is 17.3 Å². The van der Waals surface area contributed by atoms with Crippen molar-refractivity contribution in [2.45, 2.75) is 64.6 Å². The number of aromatic nitrogens is 1. The molecule has 1 aliphatic heterocycles. The fourth-order valence-corrected chi connectivity index (χ4v) is 5.21. The summed E-state index contributed by atoms with van der Waals surface area (Å²) in [6.07, 6.45) is 8.43. The van der Waals surface area contributed by atoms with Crippen molar-refractivity contribution in [2.24, 2.45) is 0 Å². The zero-order chi connectivity index (χ0) is 24.1. The maximum absolute atomic E-state index is 13.3. The molecule has 0 spiro atoms. The van der Waals surface area contributed by atoms with Crippen LogP contribution in [0.1, 0.15) is 78.3 Å². The van der Waals surface area contributed by atoms with E-state index in [4.69, 9.17) is 0 Å². The number of amides is 2. The standard InChI is InChI=1S/C27H36N4O3/c1-3-30(4-2)27(34)24-19-31(22-12-8-9-13-22)18-23(25(24)32)26(33)28-21-14-15-29(17-21)16-20-10-6-5-7-11-20/h5-7,10-11,18-19,21-22H,3-4,8-9,12-17H2,1-2H3,(H,28,33)/t21-/m1/s1. The van der Waals surface area contributed by atoms with Gasteiger partial charge in [-0.15, -0.1) is 0 Å². The minimum Gasteiger partial charge on any atom is -0.349 e. The highest BCUT2D eigenvalue weighted by atomic mass is 16.2. The Morgan fingerprint density at radius 3 is 2.35 bits per heavy atom. The van der Waals surface area contributed by atoms with Crippen molar-refractivity contribution in [1.82, 2.24) is 19.7 Å². The summed E-state index contributed by atoms with van der Waals surface area (Å²) in [5.41, 5.74) is 0.950. The SMILES string of the molecule is CCN(CC)C(=O)c1cn(C2CCCC2)cc(C(=O)N[C@@H]2CCN(Cc3ccccc3)C2)c1=O. The van der Waals surface area contributed by atoms with Crippen LogP contribution in [0.5, 0.6) is 0 Å². The first-order valence-corrected chi connectivity index (χ1v) is 12.6. The summed E-state index contributed by atoms with van der Waals surface area (Å²) >= 11 is 0. The van der Waals surface area contributed by atoms with Crippen molar-refractivity contribution in [1.29, 1.82) is 0 Å². The fraction of sp³-hybridized carbons (Fsp3) is 0.519. The van der Waals surface area contributed by atoms with Crippen LogP contribution in [-0.4, -0.2) is 58.4 Å². The molecule has 7 heteroatoms. The van der Waals surface area contributed by atoms with Gasteiger partial charge in [0.05, 0.1) is 0 Å². The Bertz CT molecular complexity index is 1060. The van der Waals surface area contributed by atoms with Crippen LogP contribution in [0.4, 0.5) is 0 Å². The summed E-state index contributed by atoms with van der Waals surface area (Å²) < 4.78 is 1.94. The number of carbonyl (C=O) groups is 2. The second-order valence-electron chi connectivity index (χ2n) is 9.46. The molecule has 2 heterocycles. The predicted octanol–water partition coefficient (Wildman–Crippen LogP) is 3.45. The van der Waals surface area contributed by atoms with Crippen molar-refractivity contribution in [3.63, 3.8) is 0 Å². The summed E-state index contributed by atoms with van der Waals surface area (Å²) in [6, 6.07) is 10.5. The Hall–Kier alpha value is -2.93. The van der Waals surface area contributed by atoms with E-state index in [0.717, 1.165) is 51.7 Å². The van der Waals surface area contributed by atoms with E-state index >= 15 is 0 Å². The number of rotatable bonds is 8. The Morgan fingerprint density at radius 1 is 1.00 bits per heavy atom. The topological polar surface area (TPSA) is 74.7 Å². The quantitative estimate of drug-likeness (QED) is 0.649. The molecule has 0 bridgehead atoms. The van der Waals surface area contributed by atoms with Gasteiger partial charge in [0.25, 0.3) is 11.8 Å². The summed E-state index contributed by atoms with van der Waals surface area (Å²) in [6.45, 7) is 7.32. The first-order valence-electron chi connectivity index (χ1n) is 12.6. The molecule has 182 valence electrons. The molecule has 1 atom stereocenters. The van der Waals surface area contributed by atoms with Crippen molar-refractivity contribution in [2.75, 3.05) is 26.2 Å². The van der Waals surface area contributed by atoms with Crippen molar-refractivity contribution in [3.8, 4) is 0 Å². The van der Waals surface area contributed by atoms with Gasteiger partial charge >= 0.3 is 0 Å². The van der Waals surface area contributed by atoms with Gasteiger partial charge in [-0.1, -0.05) is 43.2 Å². The lowest BCUT2D eigenvalue weighted by atomic mass is 10.1. The molecule has 4 rings (SSSR count). The van der Waals surface area contributed by atoms with Crippen LogP contribution in [-0.2, 0) is 6.54 Å². The highest BCUT2D eigenvalue weighted by Crippen LogP contribution is 2.29. The summed E-state index contributed by atoms with van der Waals surface area (Å²) in [5.74, 6) is -0.677. The van der Waals surface area contributed by atoms with Crippen molar-refractivity contribution >= 4 is 11.8 Å². The number of pyridine rings is 1. The van der Waals surface area contributed by atoms with Gasteiger partial charge in [0, 0.05) is 57.2 Å². The summed E-state index contributed by atoms with van der Waals surface area (Å²) in [5, 5.41) is 3.07. The maximum Gasteiger partial charge on any atom is 0.259 e. The van der Waals surface area contributed by atoms with Crippen molar-refractivity contribution in [3.05, 3.63) is 69.6 Å². The monoisotopic (exact) mass is 464 g/mol. The largest absolute Gasteiger partial charge is 0.349 e. The molecule has 0 unspecified atom stereocenters. The van der Waals surface area contributed by atoms with Gasteiger partial charge in [0.15, 0.2) is 0 Å². The van der Waals surface area contributed by atoms with E-state index in [2.05, 4.69) is 22.3 Å². The van der Waals surface area contributed by atoms with Crippen LogP contribution >= 0.6 is 0 Å². The van der Waals surface area contributed by atoms with E-state index in [0.29, 0.717) is 13.1 Å².